The van der Waals surface area contributed by atoms with E-state index >= 15 is 0 Å². The van der Waals surface area contributed by atoms with Crippen molar-refractivity contribution in [1.82, 2.24) is 10.2 Å². The smallest absolute Gasteiger partial charge is 0.318 e. The fourth-order valence-corrected chi connectivity index (χ4v) is 3.12. The Morgan fingerprint density at radius 3 is 2.71 bits per heavy atom. The largest absolute Gasteiger partial charge is 0.480 e. The molecule has 0 aliphatic heterocycles. The molecule has 1 atom stereocenters. The van der Waals surface area contributed by atoms with Crippen LogP contribution in [0.25, 0.3) is 0 Å². The molecule has 0 spiro atoms. The van der Waals surface area contributed by atoms with Crippen molar-refractivity contribution in [1.29, 1.82) is 0 Å². The van der Waals surface area contributed by atoms with E-state index in [-0.39, 0.29) is 6.54 Å². The number of aliphatic carboxylic acids is 1. The Morgan fingerprint density at radius 1 is 1.64 bits per heavy atom. The molecule has 14 heavy (non-hydrogen) atoms. The SMILES string of the molecule is CSc1nnc(SC(CN)C(=O)O)s1. The van der Waals surface area contributed by atoms with E-state index in [0.717, 1.165) is 16.1 Å². The van der Waals surface area contributed by atoms with Gasteiger partial charge in [0.2, 0.25) is 0 Å². The van der Waals surface area contributed by atoms with Crippen LogP contribution in [0.5, 0.6) is 0 Å². The second kappa shape index (κ2) is 5.54. The molecule has 1 rings (SSSR count). The second-order valence-corrected chi connectivity index (χ2v) is 5.70. The van der Waals surface area contributed by atoms with Crippen LogP contribution in [0.15, 0.2) is 8.68 Å². The van der Waals surface area contributed by atoms with Gasteiger partial charge in [0.1, 0.15) is 5.25 Å². The van der Waals surface area contributed by atoms with Gasteiger partial charge >= 0.3 is 5.97 Å². The lowest BCUT2D eigenvalue weighted by atomic mass is 10.4. The molecule has 0 aliphatic carbocycles. The third-order valence-electron chi connectivity index (χ3n) is 1.30. The monoisotopic (exact) mass is 251 g/mol. The van der Waals surface area contributed by atoms with Gasteiger partial charge in [-0.05, 0) is 6.26 Å². The summed E-state index contributed by atoms with van der Waals surface area (Å²) in [6, 6.07) is 0. The molecule has 0 amide bonds. The highest BCUT2D eigenvalue weighted by Crippen LogP contribution is 2.29. The third kappa shape index (κ3) is 3.12. The van der Waals surface area contributed by atoms with Crippen molar-refractivity contribution in [2.75, 3.05) is 12.8 Å². The lowest BCUT2D eigenvalue weighted by Crippen LogP contribution is -2.25. The number of aromatic nitrogens is 2. The van der Waals surface area contributed by atoms with E-state index in [1.807, 2.05) is 6.26 Å². The fourth-order valence-electron chi connectivity index (χ4n) is 0.648. The van der Waals surface area contributed by atoms with E-state index in [4.69, 9.17) is 10.8 Å². The van der Waals surface area contributed by atoms with Crippen LogP contribution >= 0.6 is 34.9 Å². The van der Waals surface area contributed by atoms with Crippen LogP contribution < -0.4 is 5.73 Å². The van der Waals surface area contributed by atoms with Crippen molar-refractivity contribution in [3.63, 3.8) is 0 Å². The molecule has 0 aromatic carbocycles. The normalized spacial score (nSPS) is 12.7. The molecule has 1 aromatic heterocycles. The van der Waals surface area contributed by atoms with Gasteiger partial charge in [-0.3, -0.25) is 4.79 Å². The second-order valence-electron chi connectivity index (χ2n) is 2.22. The summed E-state index contributed by atoms with van der Waals surface area (Å²) >= 11 is 4.00. The maximum absolute atomic E-state index is 10.7. The van der Waals surface area contributed by atoms with Crippen LogP contribution in [0.2, 0.25) is 0 Å². The molecule has 1 unspecified atom stereocenters. The molecule has 1 heterocycles. The summed E-state index contributed by atoms with van der Waals surface area (Å²) in [5.74, 6) is -0.918. The Bertz CT molecular complexity index is 317. The van der Waals surface area contributed by atoms with Crippen molar-refractivity contribution in [2.24, 2.45) is 5.73 Å². The van der Waals surface area contributed by atoms with Crippen molar-refractivity contribution >= 4 is 40.8 Å². The highest BCUT2D eigenvalue weighted by Gasteiger charge is 2.19. The van der Waals surface area contributed by atoms with Gasteiger partial charge in [-0.25, -0.2) is 0 Å². The van der Waals surface area contributed by atoms with Crippen LogP contribution in [0, 0.1) is 0 Å². The van der Waals surface area contributed by atoms with Gasteiger partial charge in [0.15, 0.2) is 8.68 Å². The molecule has 1 aromatic rings. The first-order chi connectivity index (χ1) is 6.67. The van der Waals surface area contributed by atoms with Crippen LogP contribution in [0.4, 0.5) is 0 Å². The van der Waals surface area contributed by atoms with Gasteiger partial charge in [-0.2, -0.15) is 0 Å². The first-order valence-electron chi connectivity index (χ1n) is 3.64. The van der Waals surface area contributed by atoms with Crippen molar-refractivity contribution in [3.05, 3.63) is 0 Å². The number of thioether (sulfide) groups is 2. The molecule has 3 N–H and O–H groups in total. The summed E-state index contributed by atoms with van der Waals surface area (Å²) in [4.78, 5) is 10.7. The first kappa shape index (κ1) is 11.8. The van der Waals surface area contributed by atoms with Crippen LogP contribution in [-0.2, 0) is 4.79 Å². The van der Waals surface area contributed by atoms with Gasteiger partial charge in [0.05, 0.1) is 0 Å². The molecular weight excluding hydrogens is 242 g/mol. The maximum Gasteiger partial charge on any atom is 0.318 e. The molecule has 8 heteroatoms. The van der Waals surface area contributed by atoms with Gasteiger partial charge in [-0.15, -0.1) is 10.2 Å². The zero-order valence-corrected chi connectivity index (χ0v) is 9.79. The number of nitrogens with two attached hydrogens (primary N) is 1. The highest BCUT2D eigenvalue weighted by molar-refractivity contribution is 8.03. The minimum absolute atomic E-state index is 0.0914. The minimum Gasteiger partial charge on any atom is -0.480 e. The Hall–Kier alpha value is -0.310. The fraction of sp³-hybridized carbons (Fsp3) is 0.500. The van der Waals surface area contributed by atoms with Gasteiger partial charge in [-0.1, -0.05) is 34.9 Å². The molecule has 0 fully saturated rings. The number of carboxylic acids is 1. The number of rotatable bonds is 5. The van der Waals surface area contributed by atoms with Crippen LogP contribution in [-0.4, -0.2) is 39.3 Å². The number of carboxylic acid groups (broad SMARTS) is 1. The van der Waals surface area contributed by atoms with Crippen molar-refractivity contribution in [2.45, 2.75) is 13.9 Å². The summed E-state index contributed by atoms with van der Waals surface area (Å²) in [7, 11) is 0. The van der Waals surface area contributed by atoms with E-state index in [2.05, 4.69) is 10.2 Å². The van der Waals surface area contributed by atoms with E-state index in [1.165, 1.54) is 23.1 Å². The Morgan fingerprint density at radius 2 is 2.29 bits per heavy atom. The maximum atomic E-state index is 10.7. The average Bonchev–Trinajstić information content (AvgIpc) is 2.61. The lowest BCUT2D eigenvalue weighted by molar-refractivity contribution is -0.136. The molecule has 0 saturated carbocycles. The van der Waals surface area contributed by atoms with Crippen LogP contribution in [0.3, 0.4) is 0 Å². The Labute approximate surface area is 93.5 Å². The summed E-state index contributed by atoms with van der Waals surface area (Å²) in [6.07, 6.45) is 1.90. The molecular formula is C6H9N3O2S3. The molecule has 0 radical (unpaired) electrons. The molecule has 0 bridgehead atoms. The number of nitrogens with zero attached hydrogens (tertiary/aromatic N) is 2. The Kier molecular flexibility index (Phi) is 4.66. The highest BCUT2D eigenvalue weighted by atomic mass is 32.2. The lowest BCUT2D eigenvalue weighted by Gasteiger charge is -2.04. The van der Waals surface area contributed by atoms with Crippen molar-refractivity contribution < 1.29 is 9.90 Å². The quantitative estimate of drug-likeness (QED) is 0.747. The first-order valence-corrected chi connectivity index (χ1v) is 6.56. The molecule has 0 aliphatic rings. The standard InChI is InChI=1S/C6H9N3O2S3/c1-12-5-8-9-6(14-5)13-3(2-7)4(10)11/h3H,2,7H2,1H3,(H,10,11). The summed E-state index contributed by atoms with van der Waals surface area (Å²) < 4.78 is 1.47. The summed E-state index contributed by atoms with van der Waals surface area (Å²) in [6.45, 7) is 0.0914. The van der Waals surface area contributed by atoms with E-state index < -0.39 is 11.2 Å². The van der Waals surface area contributed by atoms with E-state index in [9.17, 15) is 4.79 Å². The summed E-state index contributed by atoms with van der Waals surface area (Å²) in [5, 5.41) is 15.8. The topological polar surface area (TPSA) is 89.1 Å². The van der Waals surface area contributed by atoms with Gasteiger partial charge < -0.3 is 10.8 Å². The van der Waals surface area contributed by atoms with Gasteiger partial charge in [0, 0.05) is 6.54 Å². The number of hydrogen-bond donors (Lipinski definition) is 2. The van der Waals surface area contributed by atoms with Crippen molar-refractivity contribution in [3.8, 4) is 0 Å². The molecule has 0 saturated heterocycles. The van der Waals surface area contributed by atoms with E-state index in [1.54, 1.807) is 0 Å². The zero-order valence-electron chi connectivity index (χ0n) is 7.34. The van der Waals surface area contributed by atoms with Gasteiger partial charge in [0.25, 0.3) is 0 Å². The Balaban J connectivity index is 2.62. The van der Waals surface area contributed by atoms with Crippen LogP contribution in [0.1, 0.15) is 0 Å². The number of hydrogen-bond acceptors (Lipinski definition) is 7. The minimum atomic E-state index is -0.918. The summed E-state index contributed by atoms with van der Waals surface area (Å²) in [5.41, 5.74) is 5.31. The number of carbonyl (C=O) groups is 1. The molecule has 5 nitrogen and oxygen atoms in total. The molecule has 78 valence electrons. The van der Waals surface area contributed by atoms with E-state index in [0.29, 0.717) is 4.34 Å². The predicted octanol–water partition coefficient (Wildman–Crippen LogP) is 0.764. The zero-order chi connectivity index (χ0) is 10.6. The third-order valence-corrected chi connectivity index (χ3v) is 4.49. The predicted molar refractivity (Wildman–Crippen MR) is 58.0 cm³/mol. The average molecular weight is 251 g/mol.